The van der Waals surface area contributed by atoms with Crippen LogP contribution in [0, 0.1) is 0 Å². The van der Waals surface area contributed by atoms with Gasteiger partial charge in [-0.1, -0.05) is 29.5 Å². The predicted molar refractivity (Wildman–Crippen MR) is 144 cm³/mol. The number of anilines is 1. The fraction of sp³-hybridized carbons (Fsp3) is 0.148. The van der Waals surface area contributed by atoms with E-state index in [0.29, 0.717) is 11.7 Å². The number of benzene rings is 2. The van der Waals surface area contributed by atoms with Crippen LogP contribution in [0.5, 0.6) is 5.75 Å². The van der Waals surface area contributed by atoms with Crippen LogP contribution in [0.15, 0.2) is 91.3 Å². The van der Waals surface area contributed by atoms with Crippen molar-refractivity contribution in [1.82, 2.24) is 19.9 Å². The van der Waals surface area contributed by atoms with Crippen molar-refractivity contribution in [3.05, 3.63) is 103 Å². The van der Waals surface area contributed by atoms with Gasteiger partial charge in [0.15, 0.2) is 10.2 Å². The normalized spacial score (nSPS) is 17.6. The third-order valence-corrected chi connectivity index (χ3v) is 7.45. The van der Waals surface area contributed by atoms with Gasteiger partial charge in [-0.2, -0.15) is 0 Å². The largest absolute Gasteiger partial charge is 0.494 e. The van der Waals surface area contributed by atoms with Gasteiger partial charge in [-0.15, -0.1) is 0 Å². The SMILES string of the molecule is CCOc1ccc(N2C(=S)N[C@@H](c3ccccn3)[C@@H]2c2cccn2-c2nc3ccccc3s2)cc1. The number of thiazole rings is 1. The van der Waals surface area contributed by atoms with Gasteiger partial charge in [-0.3, -0.25) is 9.55 Å². The first-order chi connectivity index (χ1) is 17.2. The van der Waals surface area contributed by atoms with Crippen LogP contribution >= 0.6 is 23.6 Å². The van der Waals surface area contributed by atoms with Crippen LogP contribution in [0.2, 0.25) is 0 Å². The molecule has 5 aromatic rings. The maximum absolute atomic E-state index is 5.88. The fourth-order valence-corrected chi connectivity index (χ4v) is 5.89. The molecule has 8 heteroatoms. The van der Waals surface area contributed by atoms with Crippen LogP contribution in [-0.2, 0) is 0 Å². The summed E-state index contributed by atoms with van der Waals surface area (Å²) in [5.41, 5.74) is 4.01. The minimum Gasteiger partial charge on any atom is -0.494 e. The first kappa shape index (κ1) is 21.8. The summed E-state index contributed by atoms with van der Waals surface area (Å²) in [5.74, 6) is 0.838. The molecule has 0 amide bonds. The number of nitrogens with one attached hydrogen (secondary N) is 1. The Labute approximate surface area is 212 Å². The Kier molecular flexibility index (Phi) is 5.67. The summed E-state index contributed by atoms with van der Waals surface area (Å²) < 4.78 is 8.99. The maximum Gasteiger partial charge on any atom is 0.194 e. The van der Waals surface area contributed by atoms with Crippen molar-refractivity contribution < 1.29 is 4.74 Å². The molecule has 3 aromatic heterocycles. The monoisotopic (exact) mass is 497 g/mol. The Hall–Kier alpha value is -3.75. The van der Waals surface area contributed by atoms with Crippen LogP contribution in [0.3, 0.4) is 0 Å². The zero-order valence-electron chi connectivity index (χ0n) is 19.0. The van der Waals surface area contributed by atoms with Crippen molar-refractivity contribution in [2.45, 2.75) is 19.0 Å². The van der Waals surface area contributed by atoms with Crippen LogP contribution < -0.4 is 15.0 Å². The number of fused-ring (bicyclic) bond motifs is 1. The summed E-state index contributed by atoms with van der Waals surface area (Å²) in [5, 5.41) is 5.12. The number of pyridine rings is 1. The molecule has 0 saturated carbocycles. The Balaban J connectivity index is 1.48. The van der Waals surface area contributed by atoms with Gasteiger partial charge >= 0.3 is 0 Å². The molecule has 2 atom stereocenters. The number of hydrogen-bond donors (Lipinski definition) is 1. The van der Waals surface area contributed by atoms with Crippen molar-refractivity contribution >= 4 is 44.6 Å². The number of aromatic nitrogens is 3. The Morgan fingerprint density at radius 3 is 2.60 bits per heavy atom. The van der Waals surface area contributed by atoms with Crippen LogP contribution in [0.4, 0.5) is 5.69 Å². The molecule has 1 N–H and O–H groups in total. The molecule has 6 rings (SSSR count). The number of ether oxygens (including phenoxy) is 1. The molecule has 1 aliphatic rings. The second-order valence-corrected chi connectivity index (χ2v) is 9.59. The highest BCUT2D eigenvalue weighted by Gasteiger charge is 2.42. The molecule has 0 radical (unpaired) electrons. The number of nitrogens with zero attached hydrogens (tertiary/aromatic N) is 4. The molecule has 2 aromatic carbocycles. The highest BCUT2D eigenvalue weighted by atomic mass is 32.1. The third kappa shape index (κ3) is 3.94. The minimum absolute atomic E-state index is 0.127. The lowest BCUT2D eigenvalue weighted by atomic mass is 10.0. The summed E-state index contributed by atoms with van der Waals surface area (Å²) in [6, 6.07) is 26.2. The molecule has 1 aliphatic heterocycles. The van der Waals surface area contributed by atoms with Crippen molar-refractivity contribution in [1.29, 1.82) is 0 Å². The quantitative estimate of drug-likeness (QED) is 0.288. The van der Waals surface area contributed by atoms with Gasteiger partial charge in [0.2, 0.25) is 0 Å². The average molecular weight is 498 g/mol. The van der Waals surface area contributed by atoms with E-state index in [9.17, 15) is 0 Å². The summed E-state index contributed by atoms with van der Waals surface area (Å²) in [6.45, 7) is 2.61. The number of rotatable bonds is 6. The Morgan fingerprint density at radius 2 is 1.83 bits per heavy atom. The number of hydrogen-bond acceptors (Lipinski definition) is 5. The summed E-state index contributed by atoms with van der Waals surface area (Å²) in [7, 11) is 0. The van der Waals surface area contributed by atoms with Crippen LogP contribution in [0.1, 0.15) is 30.4 Å². The highest BCUT2D eigenvalue weighted by molar-refractivity contribution is 7.80. The van der Waals surface area contributed by atoms with Gasteiger partial charge in [0.25, 0.3) is 0 Å². The topological polar surface area (TPSA) is 55.2 Å². The molecular formula is C27H23N5OS2. The third-order valence-electron chi connectivity index (χ3n) is 6.10. The molecule has 0 unspecified atom stereocenters. The van der Waals surface area contributed by atoms with Crippen LogP contribution in [0.25, 0.3) is 15.3 Å². The lowest BCUT2D eigenvalue weighted by molar-refractivity contribution is 0.340. The van der Waals surface area contributed by atoms with Gasteiger partial charge < -0.3 is 15.0 Å². The molecule has 0 bridgehead atoms. The molecule has 4 heterocycles. The molecule has 0 aliphatic carbocycles. The van der Waals surface area contributed by atoms with Crippen molar-refractivity contribution in [2.75, 3.05) is 11.5 Å². The Bertz CT molecular complexity index is 1450. The van der Waals surface area contributed by atoms with Gasteiger partial charge in [0.1, 0.15) is 11.8 Å². The van der Waals surface area contributed by atoms with Gasteiger partial charge in [0.05, 0.1) is 34.3 Å². The summed E-state index contributed by atoms with van der Waals surface area (Å²) in [4.78, 5) is 11.7. The molecular weight excluding hydrogens is 474 g/mol. The Morgan fingerprint density at radius 1 is 1.00 bits per heavy atom. The van der Waals surface area contributed by atoms with E-state index in [0.717, 1.165) is 38.2 Å². The fourth-order valence-electron chi connectivity index (χ4n) is 4.58. The molecule has 1 fully saturated rings. The van der Waals surface area contributed by atoms with E-state index < -0.39 is 0 Å². The van der Waals surface area contributed by atoms with Gasteiger partial charge in [0, 0.05) is 18.1 Å². The molecule has 1 saturated heterocycles. The zero-order valence-corrected chi connectivity index (χ0v) is 20.7. The van der Waals surface area contributed by atoms with E-state index in [4.69, 9.17) is 21.9 Å². The van der Waals surface area contributed by atoms with E-state index in [1.165, 1.54) is 0 Å². The highest BCUT2D eigenvalue weighted by Crippen LogP contribution is 2.43. The van der Waals surface area contributed by atoms with E-state index in [1.807, 2.05) is 61.7 Å². The van der Waals surface area contributed by atoms with E-state index in [-0.39, 0.29) is 12.1 Å². The van der Waals surface area contributed by atoms with Gasteiger partial charge in [-0.05, 0) is 79.8 Å². The maximum atomic E-state index is 5.88. The lowest BCUT2D eigenvalue weighted by Gasteiger charge is -2.28. The van der Waals surface area contributed by atoms with Gasteiger partial charge in [-0.25, -0.2) is 4.98 Å². The van der Waals surface area contributed by atoms with Crippen molar-refractivity contribution in [3.63, 3.8) is 0 Å². The smallest absolute Gasteiger partial charge is 0.194 e. The molecule has 35 heavy (non-hydrogen) atoms. The lowest BCUT2D eigenvalue weighted by Crippen LogP contribution is -2.30. The molecule has 174 valence electrons. The predicted octanol–water partition coefficient (Wildman–Crippen LogP) is 6.06. The second kappa shape index (κ2) is 9.13. The second-order valence-electron chi connectivity index (χ2n) is 8.19. The number of para-hydroxylation sites is 1. The van der Waals surface area contributed by atoms with E-state index in [2.05, 4.69) is 56.3 Å². The summed E-state index contributed by atoms with van der Waals surface area (Å²) in [6.07, 6.45) is 3.89. The van der Waals surface area contributed by atoms with Crippen molar-refractivity contribution in [2.24, 2.45) is 0 Å². The zero-order chi connectivity index (χ0) is 23.8. The first-order valence-corrected chi connectivity index (χ1v) is 12.7. The number of thiocarbonyl (C=S) groups is 1. The standard InChI is InChI=1S/C27H23N5OS2/c1-2-33-19-14-12-18(13-15-19)32-25(24(30-26(32)34)21-9-5-6-16-28-21)22-10-7-17-31(22)27-29-20-8-3-4-11-23(20)35-27/h3-17,24-25H,2H2,1H3,(H,30,34)/t24-,25-/m0/s1. The average Bonchev–Trinajstić information content (AvgIpc) is 3.61. The minimum atomic E-state index is -0.127. The first-order valence-electron chi connectivity index (χ1n) is 11.5. The summed E-state index contributed by atoms with van der Waals surface area (Å²) >= 11 is 7.56. The molecule has 6 nitrogen and oxygen atoms in total. The van der Waals surface area contributed by atoms with E-state index >= 15 is 0 Å². The van der Waals surface area contributed by atoms with E-state index in [1.54, 1.807) is 11.3 Å². The molecule has 0 spiro atoms. The van der Waals surface area contributed by atoms with Crippen molar-refractivity contribution in [3.8, 4) is 10.9 Å². The van der Waals surface area contributed by atoms with Crippen LogP contribution in [-0.4, -0.2) is 26.3 Å².